The summed E-state index contributed by atoms with van der Waals surface area (Å²) in [6, 6.07) is 8.01. The summed E-state index contributed by atoms with van der Waals surface area (Å²) in [5.74, 6) is 0.464. The number of imidazole rings is 1. The number of amides is 1. The number of aromatic amines is 1. The van der Waals surface area contributed by atoms with Crippen LogP contribution in [-0.4, -0.2) is 33.4 Å². The number of nitrogens with zero attached hydrogens (tertiary/aromatic N) is 1. The van der Waals surface area contributed by atoms with Crippen LogP contribution in [0.25, 0.3) is 11.3 Å². The molecule has 0 aliphatic carbocycles. The van der Waals surface area contributed by atoms with Gasteiger partial charge in [0.2, 0.25) is 0 Å². The third kappa shape index (κ3) is 4.35. The number of benzene rings is 1. The fourth-order valence-electron chi connectivity index (χ4n) is 2.18. The smallest absolute Gasteiger partial charge is 0.408 e. The Morgan fingerprint density at radius 3 is 2.42 bits per heavy atom. The first-order valence-electron chi connectivity index (χ1n) is 7.87. The molecule has 0 fully saturated rings. The summed E-state index contributed by atoms with van der Waals surface area (Å²) in [6.07, 6.45) is 1.08. The normalized spacial score (nSPS) is 14.1. The number of hydrogen-bond acceptors (Lipinski definition) is 4. The molecule has 0 aliphatic heterocycles. The summed E-state index contributed by atoms with van der Waals surface area (Å²) in [6.45, 7) is 8.75. The van der Waals surface area contributed by atoms with Gasteiger partial charge in [-0.1, -0.05) is 29.8 Å². The van der Waals surface area contributed by atoms with Crippen molar-refractivity contribution in [3.63, 3.8) is 0 Å². The molecule has 2 aromatic rings. The molecule has 0 bridgehead atoms. The van der Waals surface area contributed by atoms with E-state index in [1.165, 1.54) is 5.56 Å². The van der Waals surface area contributed by atoms with Gasteiger partial charge >= 0.3 is 6.09 Å². The van der Waals surface area contributed by atoms with Crippen LogP contribution in [0.1, 0.15) is 39.1 Å². The largest absolute Gasteiger partial charge is 0.444 e. The average Bonchev–Trinajstić information content (AvgIpc) is 2.96. The zero-order valence-corrected chi connectivity index (χ0v) is 14.8. The highest BCUT2D eigenvalue weighted by molar-refractivity contribution is 5.69. The molecule has 2 rings (SSSR count). The van der Waals surface area contributed by atoms with Crippen molar-refractivity contribution in [3.05, 3.63) is 41.9 Å². The van der Waals surface area contributed by atoms with Gasteiger partial charge in [-0.05, 0) is 40.2 Å². The van der Waals surface area contributed by atoms with Crippen LogP contribution < -0.4 is 5.32 Å². The van der Waals surface area contributed by atoms with Crippen LogP contribution in [0.2, 0.25) is 0 Å². The van der Waals surface area contributed by atoms with Crippen LogP contribution in [0.15, 0.2) is 30.5 Å². The lowest BCUT2D eigenvalue weighted by Gasteiger charge is -2.28. The second kappa shape index (κ2) is 6.65. The molecule has 6 heteroatoms. The van der Waals surface area contributed by atoms with Gasteiger partial charge in [0.05, 0.1) is 18.5 Å². The zero-order valence-electron chi connectivity index (χ0n) is 14.8. The predicted octanol–water partition coefficient (Wildman–Crippen LogP) is 3.12. The van der Waals surface area contributed by atoms with E-state index in [0.717, 1.165) is 11.3 Å². The Labute approximate surface area is 142 Å². The van der Waals surface area contributed by atoms with Crippen LogP contribution in [-0.2, 0) is 10.3 Å². The zero-order chi connectivity index (χ0) is 18.0. The molecule has 6 nitrogen and oxygen atoms in total. The lowest BCUT2D eigenvalue weighted by Crippen LogP contribution is -2.48. The van der Waals surface area contributed by atoms with Crippen molar-refractivity contribution in [2.45, 2.75) is 45.8 Å². The van der Waals surface area contributed by atoms with Crippen molar-refractivity contribution in [1.82, 2.24) is 15.3 Å². The van der Waals surface area contributed by atoms with E-state index in [1.54, 1.807) is 33.9 Å². The minimum atomic E-state index is -1.06. The van der Waals surface area contributed by atoms with Gasteiger partial charge in [0.25, 0.3) is 0 Å². The molecule has 130 valence electrons. The first-order valence-corrected chi connectivity index (χ1v) is 7.87. The van der Waals surface area contributed by atoms with E-state index in [-0.39, 0.29) is 6.61 Å². The summed E-state index contributed by atoms with van der Waals surface area (Å²) in [5, 5.41) is 12.5. The maximum Gasteiger partial charge on any atom is 0.408 e. The van der Waals surface area contributed by atoms with Gasteiger partial charge in [0.1, 0.15) is 17.0 Å². The van der Waals surface area contributed by atoms with E-state index in [4.69, 9.17) is 4.74 Å². The molecule has 24 heavy (non-hydrogen) atoms. The van der Waals surface area contributed by atoms with Crippen LogP contribution in [0.5, 0.6) is 0 Å². The summed E-state index contributed by atoms with van der Waals surface area (Å²) >= 11 is 0. The molecule has 0 spiro atoms. The fourth-order valence-corrected chi connectivity index (χ4v) is 2.18. The first-order chi connectivity index (χ1) is 11.1. The molecule has 0 radical (unpaired) electrons. The first kappa shape index (κ1) is 18.0. The van der Waals surface area contributed by atoms with Crippen LogP contribution in [0.3, 0.4) is 0 Å². The van der Waals surface area contributed by atoms with E-state index in [0.29, 0.717) is 5.82 Å². The molecule has 1 unspecified atom stereocenters. The Hall–Kier alpha value is -2.34. The number of aryl methyl sites for hydroxylation is 1. The molecule has 0 aliphatic rings. The Balaban J connectivity index is 2.21. The van der Waals surface area contributed by atoms with Crippen LogP contribution in [0, 0.1) is 6.92 Å². The number of carbonyl (C=O) groups is 1. The molecule has 1 atom stereocenters. The summed E-state index contributed by atoms with van der Waals surface area (Å²) in [5.41, 5.74) is 1.29. The molecule has 0 saturated carbocycles. The Morgan fingerprint density at radius 2 is 1.88 bits per heavy atom. The minimum absolute atomic E-state index is 0.312. The van der Waals surface area contributed by atoms with Crippen molar-refractivity contribution in [3.8, 4) is 11.3 Å². The quantitative estimate of drug-likeness (QED) is 0.803. The topological polar surface area (TPSA) is 87.2 Å². The lowest BCUT2D eigenvalue weighted by molar-refractivity contribution is 0.0403. The van der Waals surface area contributed by atoms with Gasteiger partial charge < -0.3 is 20.1 Å². The number of aromatic nitrogens is 2. The van der Waals surface area contributed by atoms with Gasteiger partial charge in [-0.15, -0.1) is 0 Å². The fraction of sp³-hybridized carbons (Fsp3) is 0.444. The molecular formula is C18H25N3O3. The maximum atomic E-state index is 12.0. The van der Waals surface area contributed by atoms with Crippen molar-refractivity contribution in [1.29, 1.82) is 0 Å². The number of carbonyl (C=O) groups excluding carboxylic acids is 1. The monoisotopic (exact) mass is 331 g/mol. The van der Waals surface area contributed by atoms with E-state index in [1.807, 2.05) is 31.2 Å². The third-order valence-corrected chi connectivity index (χ3v) is 3.55. The number of H-pyrrole nitrogens is 1. The van der Waals surface area contributed by atoms with E-state index in [9.17, 15) is 9.90 Å². The molecular weight excluding hydrogens is 306 g/mol. The number of nitrogens with one attached hydrogen (secondary N) is 2. The summed E-state index contributed by atoms with van der Waals surface area (Å²) < 4.78 is 5.26. The predicted molar refractivity (Wildman–Crippen MR) is 92.6 cm³/mol. The van der Waals surface area contributed by atoms with E-state index in [2.05, 4.69) is 15.3 Å². The van der Waals surface area contributed by atoms with Gasteiger partial charge in [-0.3, -0.25) is 0 Å². The Kier molecular flexibility index (Phi) is 4.99. The summed E-state index contributed by atoms with van der Waals surface area (Å²) in [7, 11) is 0. The van der Waals surface area contributed by atoms with E-state index < -0.39 is 17.2 Å². The van der Waals surface area contributed by atoms with Gasteiger partial charge in [-0.2, -0.15) is 0 Å². The second-order valence-electron chi connectivity index (χ2n) is 7.13. The molecule has 1 heterocycles. The highest BCUT2D eigenvalue weighted by Gasteiger charge is 2.33. The molecule has 1 aromatic carbocycles. The number of ether oxygens (including phenoxy) is 1. The Bertz CT molecular complexity index is 701. The SMILES string of the molecule is Cc1ccc(-c2cnc(C(C)(CO)NC(=O)OC(C)(C)C)[nH]2)cc1. The number of aliphatic hydroxyl groups excluding tert-OH is 1. The van der Waals surface area contributed by atoms with Crippen molar-refractivity contribution >= 4 is 6.09 Å². The van der Waals surface area contributed by atoms with Crippen molar-refractivity contribution < 1.29 is 14.6 Å². The summed E-state index contributed by atoms with van der Waals surface area (Å²) in [4.78, 5) is 19.5. The van der Waals surface area contributed by atoms with Crippen LogP contribution in [0.4, 0.5) is 4.79 Å². The maximum absolute atomic E-state index is 12.0. The molecule has 3 N–H and O–H groups in total. The van der Waals surface area contributed by atoms with E-state index >= 15 is 0 Å². The number of alkyl carbamates (subject to hydrolysis) is 1. The average molecular weight is 331 g/mol. The standard InChI is InChI=1S/C18H25N3O3/c1-12-6-8-13(9-7-12)14-10-19-15(20-14)18(5,11-22)21-16(23)24-17(2,3)4/h6-10,22H,11H2,1-5H3,(H,19,20)(H,21,23). The molecule has 0 saturated heterocycles. The highest BCUT2D eigenvalue weighted by atomic mass is 16.6. The number of rotatable bonds is 4. The number of aliphatic hydroxyl groups is 1. The minimum Gasteiger partial charge on any atom is -0.444 e. The number of hydrogen-bond donors (Lipinski definition) is 3. The van der Waals surface area contributed by atoms with Gasteiger partial charge in [0, 0.05) is 0 Å². The third-order valence-electron chi connectivity index (χ3n) is 3.55. The molecule has 1 amide bonds. The molecule has 1 aromatic heterocycles. The van der Waals surface area contributed by atoms with Crippen molar-refractivity contribution in [2.24, 2.45) is 0 Å². The second-order valence-corrected chi connectivity index (χ2v) is 7.13. The van der Waals surface area contributed by atoms with Crippen LogP contribution >= 0.6 is 0 Å². The van der Waals surface area contributed by atoms with Crippen molar-refractivity contribution in [2.75, 3.05) is 6.61 Å². The Morgan fingerprint density at radius 1 is 1.25 bits per heavy atom. The highest BCUT2D eigenvalue weighted by Crippen LogP contribution is 2.23. The van der Waals surface area contributed by atoms with Gasteiger partial charge in [0.15, 0.2) is 0 Å². The van der Waals surface area contributed by atoms with Gasteiger partial charge in [-0.25, -0.2) is 9.78 Å². The lowest BCUT2D eigenvalue weighted by atomic mass is 10.0.